The minimum atomic E-state index is -2.80. The van der Waals surface area contributed by atoms with Gasteiger partial charge in [0.2, 0.25) is 0 Å². The standard InChI is InChI=1S/C21H16ClF2N5O/c1-29-19(30)21(28-20(29)25,13-5-7-27-17(11-13)18(23)24)14-8-12(9-15(22)10-14)16-4-2-3-6-26-16/h2-11,18H,1H3,(H2,25,28). The highest BCUT2D eigenvalue weighted by Gasteiger charge is 2.50. The van der Waals surface area contributed by atoms with Gasteiger partial charge in [0.25, 0.3) is 12.3 Å². The van der Waals surface area contributed by atoms with Crippen LogP contribution in [-0.4, -0.2) is 33.8 Å². The Morgan fingerprint density at radius 3 is 2.50 bits per heavy atom. The van der Waals surface area contributed by atoms with Crippen LogP contribution < -0.4 is 5.73 Å². The summed E-state index contributed by atoms with van der Waals surface area (Å²) in [5.74, 6) is -0.518. The van der Waals surface area contributed by atoms with Crippen LogP contribution in [-0.2, 0) is 10.3 Å². The lowest BCUT2D eigenvalue weighted by Gasteiger charge is -2.27. The number of carbonyl (C=O) groups excluding carboxylic acids is 1. The van der Waals surface area contributed by atoms with Crippen LogP contribution in [0.3, 0.4) is 0 Å². The Bertz CT molecular complexity index is 1160. The number of guanidine groups is 1. The van der Waals surface area contributed by atoms with Gasteiger partial charge in [0.15, 0.2) is 11.5 Å². The second kappa shape index (κ2) is 7.46. The Labute approximate surface area is 176 Å². The Morgan fingerprint density at radius 2 is 1.87 bits per heavy atom. The predicted octanol–water partition coefficient (Wildman–Crippen LogP) is 3.76. The van der Waals surface area contributed by atoms with Gasteiger partial charge in [-0.3, -0.25) is 19.7 Å². The second-order valence-corrected chi connectivity index (χ2v) is 7.19. The highest BCUT2D eigenvalue weighted by Crippen LogP contribution is 2.42. The fourth-order valence-electron chi connectivity index (χ4n) is 3.46. The lowest BCUT2D eigenvalue weighted by molar-refractivity contribution is -0.129. The maximum Gasteiger partial charge on any atom is 0.280 e. The number of rotatable bonds is 4. The van der Waals surface area contributed by atoms with Crippen LogP contribution in [0.1, 0.15) is 23.2 Å². The van der Waals surface area contributed by atoms with Crippen molar-refractivity contribution in [1.82, 2.24) is 14.9 Å². The van der Waals surface area contributed by atoms with Crippen molar-refractivity contribution in [3.63, 3.8) is 0 Å². The van der Waals surface area contributed by atoms with Gasteiger partial charge in [-0.15, -0.1) is 0 Å². The smallest absolute Gasteiger partial charge is 0.280 e. The van der Waals surface area contributed by atoms with E-state index in [9.17, 15) is 13.6 Å². The topological polar surface area (TPSA) is 84.5 Å². The molecule has 3 heterocycles. The fraction of sp³-hybridized carbons (Fsp3) is 0.143. The first-order valence-electron chi connectivity index (χ1n) is 8.93. The number of benzene rings is 1. The van der Waals surface area contributed by atoms with Crippen LogP contribution in [0.4, 0.5) is 8.78 Å². The number of alkyl halides is 2. The summed E-state index contributed by atoms with van der Waals surface area (Å²) in [7, 11) is 1.47. The summed E-state index contributed by atoms with van der Waals surface area (Å²) >= 11 is 6.37. The largest absolute Gasteiger partial charge is 0.369 e. The van der Waals surface area contributed by atoms with E-state index in [1.165, 1.54) is 30.3 Å². The van der Waals surface area contributed by atoms with Crippen molar-refractivity contribution in [2.75, 3.05) is 7.05 Å². The van der Waals surface area contributed by atoms with Crippen LogP contribution in [0.25, 0.3) is 11.3 Å². The third-order valence-electron chi connectivity index (χ3n) is 4.94. The number of nitrogens with zero attached hydrogens (tertiary/aromatic N) is 4. The Morgan fingerprint density at radius 1 is 1.07 bits per heavy atom. The molecule has 1 aliphatic rings. The van der Waals surface area contributed by atoms with Gasteiger partial charge in [-0.05, 0) is 53.6 Å². The Kier molecular flexibility index (Phi) is 4.95. The zero-order valence-electron chi connectivity index (χ0n) is 15.8. The zero-order valence-corrected chi connectivity index (χ0v) is 16.5. The molecule has 9 heteroatoms. The number of amides is 1. The van der Waals surface area contributed by atoms with Crippen molar-refractivity contribution in [2.45, 2.75) is 12.0 Å². The molecule has 4 rings (SSSR count). The maximum atomic E-state index is 13.3. The lowest BCUT2D eigenvalue weighted by Crippen LogP contribution is -2.41. The van der Waals surface area contributed by atoms with E-state index < -0.39 is 23.6 Å². The van der Waals surface area contributed by atoms with Gasteiger partial charge in [-0.25, -0.2) is 13.8 Å². The predicted molar refractivity (Wildman–Crippen MR) is 109 cm³/mol. The number of aliphatic imine (C=N–C) groups is 1. The van der Waals surface area contributed by atoms with Crippen LogP contribution in [0.2, 0.25) is 5.02 Å². The highest BCUT2D eigenvalue weighted by molar-refractivity contribution is 6.31. The van der Waals surface area contributed by atoms with E-state index in [1.807, 2.05) is 6.07 Å². The highest BCUT2D eigenvalue weighted by atomic mass is 35.5. The lowest BCUT2D eigenvalue weighted by atomic mass is 9.82. The molecule has 1 unspecified atom stereocenters. The molecule has 0 fully saturated rings. The molecule has 0 bridgehead atoms. The number of carbonyl (C=O) groups is 1. The number of hydrogen-bond donors (Lipinski definition) is 1. The van der Waals surface area contributed by atoms with E-state index in [0.29, 0.717) is 21.8 Å². The van der Waals surface area contributed by atoms with Crippen molar-refractivity contribution < 1.29 is 13.6 Å². The number of nitrogens with two attached hydrogens (primary N) is 1. The summed E-state index contributed by atoms with van der Waals surface area (Å²) in [5, 5.41) is 0.340. The van der Waals surface area contributed by atoms with E-state index in [2.05, 4.69) is 15.0 Å². The monoisotopic (exact) mass is 427 g/mol. The van der Waals surface area contributed by atoms with Gasteiger partial charge >= 0.3 is 0 Å². The molecule has 0 spiro atoms. The average molecular weight is 428 g/mol. The minimum absolute atomic E-state index is 0.0326. The fourth-order valence-corrected chi connectivity index (χ4v) is 3.69. The summed E-state index contributed by atoms with van der Waals surface area (Å²) in [6.07, 6.45) is 0.0507. The first-order valence-corrected chi connectivity index (χ1v) is 9.31. The van der Waals surface area contributed by atoms with Crippen LogP contribution in [0.15, 0.2) is 65.9 Å². The van der Waals surface area contributed by atoms with Crippen molar-refractivity contribution in [3.05, 3.63) is 82.8 Å². The minimum Gasteiger partial charge on any atom is -0.369 e. The summed E-state index contributed by atoms with van der Waals surface area (Å²) in [4.78, 5) is 27.0. The first-order chi connectivity index (χ1) is 14.3. The molecule has 1 amide bonds. The number of hydrogen-bond acceptors (Lipinski definition) is 5. The van der Waals surface area contributed by atoms with Gasteiger partial charge < -0.3 is 5.73 Å². The Hall–Kier alpha value is -3.39. The number of likely N-dealkylation sites (N-methyl/N-ethyl adjacent to an activating group) is 1. The van der Waals surface area contributed by atoms with E-state index in [0.717, 1.165) is 0 Å². The molecule has 1 aliphatic heterocycles. The van der Waals surface area contributed by atoms with E-state index >= 15 is 0 Å². The molecule has 2 aromatic heterocycles. The number of pyridine rings is 2. The molecule has 6 nitrogen and oxygen atoms in total. The second-order valence-electron chi connectivity index (χ2n) is 6.76. The third kappa shape index (κ3) is 3.19. The Balaban J connectivity index is 1.99. The molecule has 2 N–H and O–H groups in total. The van der Waals surface area contributed by atoms with E-state index in [-0.39, 0.29) is 11.5 Å². The van der Waals surface area contributed by atoms with Gasteiger partial charge in [0.05, 0.1) is 5.69 Å². The first kappa shape index (κ1) is 19.9. The third-order valence-corrected chi connectivity index (χ3v) is 5.16. The maximum absolute atomic E-state index is 13.3. The molecule has 1 aromatic carbocycles. The van der Waals surface area contributed by atoms with Gasteiger partial charge in [0, 0.05) is 30.0 Å². The molecule has 3 aromatic rings. The van der Waals surface area contributed by atoms with Gasteiger partial charge in [0.1, 0.15) is 5.69 Å². The molecule has 0 saturated heterocycles. The van der Waals surface area contributed by atoms with Gasteiger partial charge in [-0.2, -0.15) is 0 Å². The molecule has 0 radical (unpaired) electrons. The molecule has 1 atom stereocenters. The van der Waals surface area contributed by atoms with Crippen molar-refractivity contribution in [3.8, 4) is 11.3 Å². The normalized spacial score (nSPS) is 18.8. The summed E-state index contributed by atoms with van der Waals surface area (Å²) in [5.41, 5.74) is 5.71. The zero-order chi connectivity index (χ0) is 21.5. The SMILES string of the molecule is CN1C(=O)C(c2cc(Cl)cc(-c3ccccn3)c2)(c2ccnc(C(F)F)c2)N=C1N. The molecular formula is C21H16ClF2N5O. The van der Waals surface area contributed by atoms with Crippen molar-refractivity contribution in [2.24, 2.45) is 10.7 Å². The van der Waals surface area contributed by atoms with Crippen molar-refractivity contribution in [1.29, 1.82) is 0 Å². The average Bonchev–Trinajstić information content (AvgIpc) is 2.99. The quantitative estimate of drug-likeness (QED) is 0.687. The summed E-state index contributed by atoms with van der Waals surface area (Å²) in [6.45, 7) is 0. The summed E-state index contributed by atoms with van der Waals surface area (Å²) < 4.78 is 26.6. The molecule has 30 heavy (non-hydrogen) atoms. The molecule has 152 valence electrons. The van der Waals surface area contributed by atoms with Crippen molar-refractivity contribution >= 4 is 23.5 Å². The van der Waals surface area contributed by atoms with Crippen LogP contribution >= 0.6 is 11.6 Å². The molecular weight excluding hydrogens is 412 g/mol. The molecule has 0 aliphatic carbocycles. The van der Waals surface area contributed by atoms with E-state index in [1.54, 1.807) is 36.5 Å². The number of halogens is 3. The van der Waals surface area contributed by atoms with Gasteiger partial charge in [-0.1, -0.05) is 17.7 Å². The molecule has 0 saturated carbocycles. The van der Waals surface area contributed by atoms with E-state index in [4.69, 9.17) is 17.3 Å². The van der Waals surface area contributed by atoms with Crippen LogP contribution in [0.5, 0.6) is 0 Å². The number of aromatic nitrogens is 2. The van der Waals surface area contributed by atoms with Crippen LogP contribution in [0, 0.1) is 0 Å². The summed E-state index contributed by atoms with van der Waals surface area (Å²) in [6, 6.07) is 13.0.